The normalized spacial score (nSPS) is 10.6. The van der Waals surface area contributed by atoms with Gasteiger partial charge in [0.2, 0.25) is 0 Å². The summed E-state index contributed by atoms with van der Waals surface area (Å²) >= 11 is 3.22. The Hall–Kier alpha value is -3.73. The Labute approximate surface area is 201 Å². The first kappa shape index (κ1) is 24.9. The van der Waals surface area contributed by atoms with Crippen molar-refractivity contribution in [1.82, 2.24) is 9.88 Å². The number of nitrogens with zero attached hydrogens (tertiary/aromatic N) is 1. The number of ether oxygens (including phenoxy) is 2. The van der Waals surface area contributed by atoms with E-state index in [1.807, 2.05) is 0 Å². The van der Waals surface area contributed by atoms with Crippen molar-refractivity contribution in [2.75, 3.05) is 7.05 Å². The highest BCUT2D eigenvalue weighted by molar-refractivity contribution is 9.10. The van der Waals surface area contributed by atoms with Crippen molar-refractivity contribution in [1.29, 1.82) is 0 Å². The maximum absolute atomic E-state index is 13.9. The average Bonchev–Trinajstić information content (AvgIpc) is 2.79. The van der Waals surface area contributed by atoms with Crippen LogP contribution in [0, 0.1) is 18.6 Å². The third-order valence-electron chi connectivity index (χ3n) is 4.88. The predicted molar refractivity (Wildman–Crippen MR) is 123 cm³/mol. The van der Waals surface area contributed by atoms with E-state index in [4.69, 9.17) is 15.2 Å². The zero-order chi connectivity index (χ0) is 25.0. The molecule has 0 radical (unpaired) electrons. The Morgan fingerprint density at radius 1 is 1.09 bits per heavy atom. The van der Waals surface area contributed by atoms with Crippen LogP contribution in [-0.4, -0.2) is 23.6 Å². The summed E-state index contributed by atoms with van der Waals surface area (Å²) in [7, 11) is 1.47. The number of primary amides is 1. The molecular weight excluding hydrogens is 516 g/mol. The number of aromatic nitrogens is 1. The first-order valence-electron chi connectivity index (χ1n) is 9.88. The number of carbonyl (C=O) groups is 2. The second kappa shape index (κ2) is 10.5. The van der Waals surface area contributed by atoms with E-state index >= 15 is 0 Å². The number of pyridine rings is 1. The van der Waals surface area contributed by atoms with Gasteiger partial charge in [0, 0.05) is 41.6 Å². The first-order chi connectivity index (χ1) is 16.1. The van der Waals surface area contributed by atoms with Crippen LogP contribution in [0.4, 0.5) is 13.6 Å². The molecule has 3 aromatic rings. The molecule has 2 amide bonds. The van der Waals surface area contributed by atoms with Crippen LogP contribution in [0.5, 0.6) is 5.75 Å². The van der Waals surface area contributed by atoms with Crippen LogP contribution in [-0.2, 0) is 18.0 Å². The summed E-state index contributed by atoms with van der Waals surface area (Å²) in [6.45, 7) is 1.16. The maximum atomic E-state index is 13.9. The number of benzene rings is 2. The van der Waals surface area contributed by atoms with Crippen LogP contribution < -0.4 is 21.3 Å². The highest BCUT2D eigenvalue weighted by Gasteiger charge is 2.18. The summed E-state index contributed by atoms with van der Waals surface area (Å²) < 4.78 is 38.9. The molecule has 0 fully saturated rings. The van der Waals surface area contributed by atoms with Crippen molar-refractivity contribution in [2.24, 2.45) is 5.73 Å². The van der Waals surface area contributed by atoms with Crippen molar-refractivity contribution in [3.63, 3.8) is 0 Å². The van der Waals surface area contributed by atoms with Crippen molar-refractivity contribution in [3.05, 3.63) is 91.3 Å². The lowest BCUT2D eigenvalue weighted by molar-refractivity contribution is 0.0962. The zero-order valence-corrected chi connectivity index (χ0v) is 19.7. The van der Waals surface area contributed by atoms with E-state index in [1.165, 1.54) is 35.9 Å². The molecule has 34 heavy (non-hydrogen) atoms. The minimum absolute atomic E-state index is 0.0349. The van der Waals surface area contributed by atoms with Crippen LogP contribution in [0.3, 0.4) is 0 Å². The summed E-state index contributed by atoms with van der Waals surface area (Å²) in [6.07, 6.45) is -0.997. The van der Waals surface area contributed by atoms with Crippen LogP contribution >= 0.6 is 15.9 Å². The minimum atomic E-state index is -0.997. The molecule has 3 rings (SSSR count). The summed E-state index contributed by atoms with van der Waals surface area (Å²) in [5, 5.41) is 2.50. The molecule has 1 heterocycles. The topological polar surface area (TPSA) is 113 Å². The lowest BCUT2D eigenvalue weighted by Gasteiger charge is -2.18. The van der Waals surface area contributed by atoms with Crippen molar-refractivity contribution >= 4 is 27.9 Å². The lowest BCUT2D eigenvalue weighted by Crippen LogP contribution is -2.25. The number of nitrogens with one attached hydrogen (secondary N) is 1. The predicted octanol–water partition coefficient (Wildman–Crippen LogP) is 3.72. The van der Waals surface area contributed by atoms with Gasteiger partial charge < -0.3 is 20.5 Å². The molecule has 0 atom stereocenters. The molecule has 0 aliphatic carbocycles. The number of rotatable bonds is 7. The molecule has 178 valence electrons. The molecule has 2 aromatic carbocycles. The van der Waals surface area contributed by atoms with Gasteiger partial charge in [0.25, 0.3) is 11.5 Å². The third-order valence-corrected chi connectivity index (χ3v) is 5.61. The van der Waals surface area contributed by atoms with Gasteiger partial charge in [0.05, 0.1) is 5.69 Å². The Kier molecular flexibility index (Phi) is 7.67. The number of hydrogen-bond acceptors (Lipinski definition) is 5. The first-order valence-corrected chi connectivity index (χ1v) is 10.7. The van der Waals surface area contributed by atoms with Gasteiger partial charge in [-0.2, -0.15) is 0 Å². The Bertz CT molecular complexity index is 1330. The Balaban J connectivity index is 2.04. The van der Waals surface area contributed by atoms with Gasteiger partial charge in [-0.3, -0.25) is 14.2 Å². The van der Waals surface area contributed by atoms with E-state index in [9.17, 15) is 23.2 Å². The van der Waals surface area contributed by atoms with Gasteiger partial charge in [-0.25, -0.2) is 13.6 Å². The molecule has 0 aliphatic rings. The zero-order valence-electron chi connectivity index (χ0n) is 18.2. The summed E-state index contributed by atoms with van der Waals surface area (Å²) in [5.41, 5.74) is 6.04. The second-order valence-electron chi connectivity index (χ2n) is 7.16. The molecule has 11 heteroatoms. The van der Waals surface area contributed by atoms with E-state index in [0.717, 1.165) is 12.1 Å². The second-order valence-corrected chi connectivity index (χ2v) is 7.95. The van der Waals surface area contributed by atoms with E-state index in [1.54, 1.807) is 13.0 Å². The fourth-order valence-corrected chi connectivity index (χ4v) is 3.61. The van der Waals surface area contributed by atoms with E-state index in [0.29, 0.717) is 16.9 Å². The molecule has 0 bridgehead atoms. The summed E-state index contributed by atoms with van der Waals surface area (Å²) in [5.74, 6) is -1.73. The minimum Gasteiger partial charge on any atom is -0.487 e. The fraction of sp³-hybridized carbons (Fsp3) is 0.174. The third kappa shape index (κ3) is 5.42. The molecule has 0 spiro atoms. The molecule has 3 N–H and O–H groups in total. The van der Waals surface area contributed by atoms with Crippen molar-refractivity contribution in [2.45, 2.75) is 20.1 Å². The molecule has 0 aliphatic heterocycles. The number of nitrogens with two attached hydrogens (primary N) is 1. The summed E-state index contributed by atoms with van der Waals surface area (Å²) in [6, 6.07) is 9.19. The van der Waals surface area contributed by atoms with Crippen LogP contribution in [0.2, 0.25) is 0 Å². The number of aryl methyl sites for hydroxylation is 1. The standard InChI is InChI=1S/C23H20BrF2N3O5/c1-12-7-19(33-10-14-5-6-16(25)9-17(14)26)20(24)22(31)29(12)18-8-13(21(30)28-2)3-4-15(18)11-34-23(27)32/h3-9H,10-11H2,1-2H3,(H2,27,32)(H,28,30). The highest BCUT2D eigenvalue weighted by Crippen LogP contribution is 2.27. The van der Waals surface area contributed by atoms with Crippen molar-refractivity contribution < 1.29 is 27.8 Å². The van der Waals surface area contributed by atoms with Gasteiger partial charge in [0.15, 0.2) is 0 Å². The van der Waals surface area contributed by atoms with Crippen molar-refractivity contribution in [3.8, 4) is 11.4 Å². The highest BCUT2D eigenvalue weighted by atomic mass is 79.9. The van der Waals surface area contributed by atoms with Crippen LogP contribution in [0.1, 0.15) is 27.2 Å². The SMILES string of the molecule is CNC(=O)c1ccc(COC(N)=O)c(-n2c(C)cc(OCc3ccc(F)cc3F)c(Br)c2=O)c1. The molecule has 0 saturated heterocycles. The number of halogens is 3. The smallest absolute Gasteiger partial charge is 0.404 e. The van der Waals surface area contributed by atoms with Gasteiger partial charge in [-0.05, 0) is 47.1 Å². The number of hydrogen-bond donors (Lipinski definition) is 2. The quantitative estimate of drug-likeness (QED) is 0.478. The van der Waals surface area contributed by atoms with Crippen LogP contribution in [0.25, 0.3) is 5.69 Å². The maximum Gasteiger partial charge on any atom is 0.404 e. The Morgan fingerprint density at radius 3 is 2.44 bits per heavy atom. The molecule has 0 unspecified atom stereocenters. The summed E-state index contributed by atoms with van der Waals surface area (Å²) in [4.78, 5) is 36.5. The number of amides is 2. The van der Waals surface area contributed by atoms with Gasteiger partial charge in [-0.15, -0.1) is 0 Å². The van der Waals surface area contributed by atoms with Gasteiger partial charge >= 0.3 is 6.09 Å². The molecule has 8 nitrogen and oxygen atoms in total. The monoisotopic (exact) mass is 535 g/mol. The number of carbonyl (C=O) groups excluding carboxylic acids is 2. The molecular formula is C23H20BrF2N3O5. The van der Waals surface area contributed by atoms with E-state index in [-0.39, 0.29) is 40.5 Å². The lowest BCUT2D eigenvalue weighted by atomic mass is 10.1. The Morgan fingerprint density at radius 2 is 1.79 bits per heavy atom. The van der Waals surface area contributed by atoms with Crippen LogP contribution in [0.15, 0.2) is 51.7 Å². The van der Waals surface area contributed by atoms with Gasteiger partial charge in [-0.1, -0.05) is 6.07 Å². The van der Waals surface area contributed by atoms with E-state index in [2.05, 4.69) is 21.2 Å². The van der Waals surface area contributed by atoms with E-state index < -0.39 is 23.3 Å². The molecule has 1 aromatic heterocycles. The fourth-order valence-electron chi connectivity index (χ4n) is 3.21. The largest absolute Gasteiger partial charge is 0.487 e. The van der Waals surface area contributed by atoms with Gasteiger partial charge in [0.1, 0.15) is 35.1 Å². The molecule has 0 saturated carbocycles. The average molecular weight is 536 g/mol.